The number of halogens is 1. The third-order valence-electron chi connectivity index (χ3n) is 4.16. The van der Waals surface area contributed by atoms with Crippen molar-refractivity contribution in [3.05, 3.63) is 71.0 Å². The van der Waals surface area contributed by atoms with Gasteiger partial charge in [0.05, 0.1) is 0 Å². The topological polar surface area (TPSA) is 26.0 Å². The largest absolute Gasteiger partial charge is 0.324 e. The maximum Gasteiger partial charge on any atom is 0.127 e. The van der Waals surface area contributed by atoms with Crippen molar-refractivity contribution in [2.75, 3.05) is 0 Å². The van der Waals surface area contributed by atoms with Gasteiger partial charge in [0.25, 0.3) is 0 Å². The van der Waals surface area contributed by atoms with Crippen LogP contribution in [0.2, 0.25) is 0 Å². The standard InChI is InChI=1S/C17H18FN/c18-16-8-4-3-7-15(16)17(19)14-10-9-12-5-1-2-6-13(12)11-14/h1-8,14,17H,9-11,19H2. The second-order valence-corrected chi connectivity index (χ2v) is 5.32. The lowest BCUT2D eigenvalue weighted by molar-refractivity contribution is 0.373. The van der Waals surface area contributed by atoms with Crippen LogP contribution in [0.15, 0.2) is 48.5 Å². The molecule has 2 unspecified atom stereocenters. The van der Waals surface area contributed by atoms with E-state index in [-0.39, 0.29) is 11.9 Å². The predicted molar refractivity (Wildman–Crippen MR) is 75.3 cm³/mol. The van der Waals surface area contributed by atoms with Crippen molar-refractivity contribution in [3.8, 4) is 0 Å². The fourth-order valence-corrected chi connectivity index (χ4v) is 3.03. The van der Waals surface area contributed by atoms with Crippen LogP contribution in [0.25, 0.3) is 0 Å². The quantitative estimate of drug-likeness (QED) is 0.871. The molecule has 2 aromatic carbocycles. The number of nitrogens with two attached hydrogens (primary N) is 1. The van der Waals surface area contributed by atoms with Crippen molar-refractivity contribution >= 4 is 0 Å². The summed E-state index contributed by atoms with van der Waals surface area (Å²) in [5, 5.41) is 0. The first kappa shape index (κ1) is 12.4. The molecule has 19 heavy (non-hydrogen) atoms. The molecular formula is C17H18FN. The Bertz CT molecular complexity index is 579. The molecule has 0 aliphatic heterocycles. The Kier molecular flexibility index (Phi) is 3.34. The van der Waals surface area contributed by atoms with Gasteiger partial charge in [0.15, 0.2) is 0 Å². The van der Waals surface area contributed by atoms with Gasteiger partial charge in [0.1, 0.15) is 5.82 Å². The highest BCUT2D eigenvalue weighted by Gasteiger charge is 2.26. The normalized spacial score (nSPS) is 19.8. The number of fused-ring (bicyclic) bond motifs is 1. The van der Waals surface area contributed by atoms with E-state index in [4.69, 9.17) is 5.73 Å². The first-order valence-electron chi connectivity index (χ1n) is 6.82. The van der Waals surface area contributed by atoms with Gasteiger partial charge >= 0.3 is 0 Å². The highest BCUT2D eigenvalue weighted by molar-refractivity contribution is 5.31. The summed E-state index contributed by atoms with van der Waals surface area (Å²) in [6.07, 6.45) is 3.03. The van der Waals surface area contributed by atoms with Crippen LogP contribution in [0.1, 0.15) is 29.2 Å². The summed E-state index contributed by atoms with van der Waals surface area (Å²) in [4.78, 5) is 0. The number of hydrogen-bond donors (Lipinski definition) is 1. The molecule has 2 aromatic rings. The maximum atomic E-state index is 13.8. The summed E-state index contributed by atoms with van der Waals surface area (Å²) in [7, 11) is 0. The Morgan fingerprint density at radius 1 is 1.00 bits per heavy atom. The summed E-state index contributed by atoms with van der Waals surface area (Å²) < 4.78 is 13.8. The predicted octanol–water partition coefficient (Wildman–Crippen LogP) is 3.63. The fraction of sp³-hybridized carbons (Fsp3) is 0.294. The Morgan fingerprint density at radius 2 is 1.68 bits per heavy atom. The average Bonchev–Trinajstić information content (AvgIpc) is 2.46. The van der Waals surface area contributed by atoms with E-state index in [9.17, 15) is 4.39 Å². The highest BCUT2D eigenvalue weighted by atomic mass is 19.1. The van der Waals surface area contributed by atoms with E-state index in [1.165, 1.54) is 17.2 Å². The zero-order chi connectivity index (χ0) is 13.2. The van der Waals surface area contributed by atoms with Crippen molar-refractivity contribution in [2.24, 2.45) is 11.7 Å². The molecule has 1 aliphatic carbocycles. The molecule has 0 fully saturated rings. The maximum absolute atomic E-state index is 13.8. The van der Waals surface area contributed by atoms with Gasteiger partial charge in [-0.2, -0.15) is 0 Å². The molecule has 1 aliphatic rings. The average molecular weight is 255 g/mol. The smallest absolute Gasteiger partial charge is 0.127 e. The Hall–Kier alpha value is -1.67. The van der Waals surface area contributed by atoms with Crippen molar-refractivity contribution in [1.29, 1.82) is 0 Å². The van der Waals surface area contributed by atoms with E-state index in [2.05, 4.69) is 24.3 Å². The molecular weight excluding hydrogens is 237 g/mol. The molecule has 0 bridgehead atoms. The lowest BCUT2D eigenvalue weighted by Crippen LogP contribution is -2.27. The van der Waals surface area contributed by atoms with Crippen molar-refractivity contribution < 1.29 is 4.39 Å². The molecule has 0 aromatic heterocycles. The molecule has 0 saturated carbocycles. The molecule has 2 N–H and O–H groups in total. The second kappa shape index (κ2) is 5.14. The minimum absolute atomic E-state index is 0.186. The minimum Gasteiger partial charge on any atom is -0.324 e. The molecule has 0 saturated heterocycles. The van der Waals surface area contributed by atoms with Crippen LogP contribution in [-0.4, -0.2) is 0 Å². The van der Waals surface area contributed by atoms with E-state index in [1.54, 1.807) is 12.1 Å². The zero-order valence-corrected chi connectivity index (χ0v) is 10.9. The molecule has 0 spiro atoms. The van der Waals surface area contributed by atoms with Crippen LogP contribution in [0, 0.1) is 11.7 Å². The molecule has 2 atom stereocenters. The van der Waals surface area contributed by atoms with Crippen LogP contribution in [0.5, 0.6) is 0 Å². The van der Waals surface area contributed by atoms with Crippen LogP contribution < -0.4 is 5.73 Å². The molecule has 1 nitrogen and oxygen atoms in total. The molecule has 0 amide bonds. The van der Waals surface area contributed by atoms with Gasteiger partial charge in [-0.05, 0) is 42.4 Å². The summed E-state index contributed by atoms with van der Waals surface area (Å²) in [6.45, 7) is 0. The first-order valence-corrected chi connectivity index (χ1v) is 6.82. The third kappa shape index (κ3) is 2.41. The lowest BCUT2D eigenvalue weighted by Gasteiger charge is -2.29. The van der Waals surface area contributed by atoms with Gasteiger partial charge in [0, 0.05) is 11.6 Å². The van der Waals surface area contributed by atoms with Crippen LogP contribution >= 0.6 is 0 Å². The van der Waals surface area contributed by atoms with Crippen molar-refractivity contribution in [1.82, 2.24) is 0 Å². The SMILES string of the molecule is NC(c1ccccc1F)C1CCc2ccccc2C1. The molecule has 3 rings (SSSR count). The van der Waals surface area contributed by atoms with Gasteiger partial charge in [0.2, 0.25) is 0 Å². The summed E-state index contributed by atoms with van der Waals surface area (Å²) in [6, 6.07) is 15.1. The third-order valence-corrected chi connectivity index (χ3v) is 4.16. The van der Waals surface area contributed by atoms with Crippen LogP contribution in [0.4, 0.5) is 4.39 Å². The van der Waals surface area contributed by atoms with Gasteiger partial charge in [-0.3, -0.25) is 0 Å². The lowest BCUT2D eigenvalue weighted by atomic mass is 9.78. The van der Waals surface area contributed by atoms with Crippen LogP contribution in [-0.2, 0) is 12.8 Å². The Labute approximate surface area is 113 Å². The van der Waals surface area contributed by atoms with E-state index in [0.717, 1.165) is 19.3 Å². The minimum atomic E-state index is -0.213. The summed E-state index contributed by atoms with van der Waals surface area (Å²) in [5.74, 6) is 0.139. The second-order valence-electron chi connectivity index (χ2n) is 5.32. The number of rotatable bonds is 2. The molecule has 0 heterocycles. The van der Waals surface area contributed by atoms with E-state index >= 15 is 0 Å². The van der Waals surface area contributed by atoms with Crippen LogP contribution in [0.3, 0.4) is 0 Å². The van der Waals surface area contributed by atoms with E-state index in [1.807, 2.05) is 6.07 Å². The Balaban J connectivity index is 1.83. The number of aryl methyl sites for hydroxylation is 1. The molecule has 0 radical (unpaired) electrons. The van der Waals surface area contributed by atoms with Gasteiger partial charge in [-0.1, -0.05) is 42.5 Å². The summed E-state index contributed by atoms with van der Waals surface area (Å²) >= 11 is 0. The Morgan fingerprint density at radius 3 is 2.47 bits per heavy atom. The number of benzene rings is 2. The van der Waals surface area contributed by atoms with Crippen molar-refractivity contribution in [2.45, 2.75) is 25.3 Å². The summed E-state index contributed by atoms with van der Waals surface area (Å²) in [5.41, 5.74) is 9.72. The van der Waals surface area contributed by atoms with E-state index < -0.39 is 0 Å². The van der Waals surface area contributed by atoms with Gasteiger partial charge < -0.3 is 5.73 Å². The van der Waals surface area contributed by atoms with E-state index in [0.29, 0.717) is 11.5 Å². The molecule has 98 valence electrons. The van der Waals surface area contributed by atoms with Crippen molar-refractivity contribution in [3.63, 3.8) is 0 Å². The van der Waals surface area contributed by atoms with Gasteiger partial charge in [-0.15, -0.1) is 0 Å². The fourth-order valence-electron chi connectivity index (χ4n) is 3.03. The number of hydrogen-bond acceptors (Lipinski definition) is 1. The zero-order valence-electron chi connectivity index (χ0n) is 10.9. The molecule has 2 heteroatoms. The van der Waals surface area contributed by atoms with Gasteiger partial charge in [-0.25, -0.2) is 4.39 Å². The monoisotopic (exact) mass is 255 g/mol. The highest BCUT2D eigenvalue weighted by Crippen LogP contribution is 2.33. The first-order chi connectivity index (χ1) is 9.25.